The van der Waals surface area contributed by atoms with Crippen LogP contribution in [-0.4, -0.2) is 53.0 Å². The van der Waals surface area contributed by atoms with Crippen molar-refractivity contribution in [3.05, 3.63) is 18.0 Å². The third kappa shape index (κ3) is 4.56. The Labute approximate surface area is 138 Å². The van der Waals surface area contributed by atoms with Crippen LogP contribution < -0.4 is 10.6 Å². The van der Waals surface area contributed by atoms with Crippen molar-refractivity contribution in [1.82, 2.24) is 14.9 Å². The van der Waals surface area contributed by atoms with E-state index in [0.29, 0.717) is 32.6 Å². The van der Waals surface area contributed by atoms with E-state index in [-0.39, 0.29) is 11.9 Å². The fourth-order valence-electron chi connectivity index (χ4n) is 2.57. The number of unbranched alkanes of at least 4 members (excludes halogenated alkanes) is 1. The number of rotatable bonds is 5. The number of piperazine rings is 1. The van der Waals surface area contributed by atoms with E-state index in [1.807, 2.05) is 6.92 Å². The Morgan fingerprint density at radius 3 is 2.58 bits per heavy atom. The number of hydrogen-bond donors (Lipinski definition) is 1. The average molecular weight is 345 g/mol. The summed E-state index contributed by atoms with van der Waals surface area (Å²) in [5, 5.41) is 0. The highest BCUT2D eigenvalue weighted by atomic mass is 19.4. The third-order valence-electron chi connectivity index (χ3n) is 3.99. The predicted octanol–water partition coefficient (Wildman–Crippen LogP) is 1.66. The number of nitrogens with two attached hydrogens (primary N) is 1. The number of carbonyl (C=O) groups is 1. The van der Waals surface area contributed by atoms with Crippen LogP contribution in [0.15, 0.2) is 12.3 Å². The van der Waals surface area contributed by atoms with Gasteiger partial charge in [0.05, 0.1) is 6.04 Å². The zero-order chi connectivity index (χ0) is 17.7. The van der Waals surface area contributed by atoms with Gasteiger partial charge in [-0.1, -0.05) is 19.8 Å². The summed E-state index contributed by atoms with van der Waals surface area (Å²) < 4.78 is 38.2. The fraction of sp³-hybridized carbons (Fsp3) is 0.667. The first-order chi connectivity index (χ1) is 11.3. The van der Waals surface area contributed by atoms with Crippen LogP contribution in [0.3, 0.4) is 0 Å². The molecular formula is C15H22F3N5O. The minimum absolute atomic E-state index is 0.0344. The Bertz CT molecular complexity index is 558. The molecule has 1 saturated heterocycles. The van der Waals surface area contributed by atoms with Crippen LogP contribution in [0.5, 0.6) is 0 Å². The van der Waals surface area contributed by atoms with Gasteiger partial charge in [0.1, 0.15) is 5.69 Å². The lowest BCUT2D eigenvalue weighted by atomic mass is 10.1. The van der Waals surface area contributed by atoms with E-state index in [2.05, 4.69) is 9.97 Å². The Balaban J connectivity index is 1.94. The molecule has 1 fully saturated rings. The molecule has 24 heavy (non-hydrogen) atoms. The second kappa shape index (κ2) is 7.78. The highest BCUT2D eigenvalue weighted by molar-refractivity contribution is 5.81. The topological polar surface area (TPSA) is 75.4 Å². The van der Waals surface area contributed by atoms with Crippen LogP contribution in [-0.2, 0) is 11.0 Å². The summed E-state index contributed by atoms with van der Waals surface area (Å²) in [5.41, 5.74) is 4.93. The summed E-state index contributed by atoms with van der Waals surface area (Å²) in [6.07, 6.45) is -0.885. The average Bonchev–Trinajstić information content (AvgIpc) is 2.58. The highest BCUT2D eigenvalue weighted by Gasteiger charge is 2.34. The first kappa shape index (κ1) is 18.4. The molecule has 1 aromatic heterocycles. The van der Waals surface area contributed by atoms with Crippen molar-refractivity contribution in [3.63, 3.8) is 0 Å². The molecular weight excluding hydrogens is 323 g/mol. The highest BCUT2D eigenvalue weighted by Crippen LogP contribution is 2.28. The SMILES string of the molecule is CCCC[C@H](N)C(=O)N1CCN(c2nccc(C(F)(F)F)n2)CC1. The normalized spacial score (nSPS) is 17.0. The van der Waals surface area contributed by atoms with E-state index in [0.717, 1.165) is 25.1 Å². The first-order valence-electron chi connectivity index (χ1n) is 8.02. The Hall–Kier alpha value is -1.90. The zero-order valence-corrected chi connectivity index (χ0v) is 13.6. The second-order valence-corrected chi connectivity index (χ2v) is 5.80. The maximum absolute atomic E-state index is 12.7. The molecule has 0 aromatic carbocycles. The van der Waals surface area contributed by atoms with Crippen molar-refractivity contribution in [1.29, 1.82) is 0 Å². The predicted molar refractivity (Wildman–Crippen MR) is 83.3 cm³/mol. The molecule has 134 valence electrons. The van der Waals surface area contributed by atoms with Crippen molar-refractivity contribution in [2.75, 3.05) is 31.1 Å². The molecule has 1 aliphatic rings. The molecule has 1 amide bonds. The van der Waals surface area contributed by atoms with E-state index in [1.54, 1.807) is 9.80 Å². The molecule has 0 bridgehead atoms. The summed E-state index contributed by atoms with van der Waals surface area (Å²) in [4.78, 5) is 23.0. The van der Waals surface area contributed by atoms with Crippen LogP contribution in [0.1, 0.15) is 31.9 Å². The van der Waals surface area contributed by atoms with Crippen molar-refractivity contribution in [2.24, 2.45) is 5.73 Å². The third-order valence-corrected chi connectivity index (χ3v) is 3.99. The van der Waals surface area contributed by atoms with Crippen molar-refractivity contribution in [2.45, 2.75) is 38.4 Å². The number of carbonyl (C=O) groups excluding carboxylic acids is 1. The molecule has 1 atom stereocenters. The first-order valence-corrected chi connectivity index (χ1v) is 8.02. The molecule has 6 nitrogen and oxygen atoms in total. The molecule has 0 saturated carbocycles. The number of halogens is 3. The summed E-state index contributed by atoms with van der Waals surface area (Å²) in [5.74, 6) is -0.0692. The van der Waals surface area contributed by atoms with Crippen LogP contribution >= 0.6 is 0 Å². The van der Waals surface area contributed by atoms with E-state index in [4.69, 9.17) is 5.73 Å². The Kier molecular flexibility index (Phi) is 5.98. The van der Waals surface area contributed by atoms with Gasteiger partial charge in [-0.3, -0.25) is 4.79 Å². The van der Waals surface area contributed by atoms with Gasteiger partial charge in [0.25, 0.3) is 0 Å². The zero-order valence-electron chi connectivity index (χ0n) is 13.6. The van der Waals surface area contributed by atoms with Gasteiger partial charge in [0.15, 0.2) is 0 Å². The molecule has 0 unspecified atom stereocenters. The smallest absolute Gasteiger partial charge is 0.338 e. The Morgan fingerprint density at radius 2 is 2.00 bits per heavy atom. The van der Waals surface area contributed by atoms with Gasteiger partial charge in [0.2, 0.25) is 11.9 Å². The molecule has 0 spiro atoms. The summed E-state index contributed by atoms with van der Waals surface area (Å²) in [6, 6.07) is 0.331. The van der Waals surface area contributed by atoms with Gasteiger partial charge in [-0.15, -0.1) is 0 Å². The second-order valence-electron chi connectivity index (χ2n) is 5.80. The molecule has 0 aliphatic carbocycles. The molecule has 2 N–H and O–H groups in total. The standard InChI is InChI=1S/C15H22F3N5O/c1-2-3-4-11(19)13(24)22-7-9-23(10-8-22)14-20-6-5-12(21-14)15(16,17)18/h5-6,11H,2-4,7-10,19H2,1H3/t11-/m0/s1. The molecule has 1 aliphatic heterocycles. The van der Waals surface area contributed by atoms with E-state index in [9.17, 15) is 18.0 Å². The number of amides is 1. The van der Waals surface area contributed by atoms with Crippen LogP contribution in [0.25, 0.3) is 0 Å². The van der Waals surface area contributed by atoms with Crippen LogP contribution in [0.4, 0.5) is 19.1 Å². The molecule has 1 aromatic rings. The van der Waals surface area contributed by atoms with Gasteiger partial charge in [-0.2, -0.15) is 13.2 Å². The minimum Gasteiger partial charge on any atom is -0.338 e. The van der Waals surface area contributed by atoms with Crippen LogP contribution in [0, 0.1) is 0 Å². The molecule has 0 radical (unpaired) electrons. The lowest BCUT2D eigenvalue weighted by Crippen LogP contribution is -2.53. The van der Waals surface area contributed by atoms with E-state index >= 15 is 0 Å². The quantitative estimate of drug-likeness (QED) is 0.878. The van der Waals surface area contributed by atoms with Gasteiger partial charge < -0.3 is 15.5 Å². The Morgan fingerprint density at radius 1 is 1.33 bits per heavy atom. The number of aromatic nitrogens is 2. The van der Waals surface area contributed by atoms with Crippen LogP contribution in [0.2, 0.25) is 0 Å². The van der Waals surface area contributed by atoms with Gasteiger partial charge in [-0.25, -0.2) is 9.97 Å². The van der Waals surface area contributed by atoms with Crippen molar-refractivity contribution >= 4 is 11.9 Å². The maximum Gasteiger partial charge on any atom is 0.433 e. The largest absolute Gasteiger partial charge is 0.433 e. The number of nitrogens with zero attached hydrogens (tertiary/aromatic N) is 4. The molecule has 2 heterocycles. The number of anilines is 1. The number of alkyl halides is 3. The fourth-order valence-corrected chi connectivity index (χ4v) is 2.57. The van der Waals surface area contributed by atoms with E-state index < -0.39 is 17.9 Å². The van der Waals surface area contributed by atoms with Crippen molar-refractivity contribution < 1.29 is 18.0 Å². The lowest BCUT2D eigenvalue weighted by Gasteiger charge is -2.36. The van der Waals surface area contributed by atoms with Gasteiger partial charge >= 0.3 is 6.18 Å². The van der Waals surface area contributed by atoms with Crippen molar-refractivity contribution in [3.8, 4) is 0 Å². The van der Waals surface area contributed by atoms with Gasteiger partial charge in [0, 0.05) is 32.4 Å². The maximum atomic E-state index is 12.7. The summed E-state index contributed by atoms with van der Waals surface area (Å²) >= 11 is 0. The summed E-state index contributed by atoms with van der Waals surface area (Å²) in [6.45, 7) is 3.60. The monoisotopic (exact) mass is 345 g/mol. The lowest BCUT2D eigenvalue weighted by molar-refractivity contribution is -0.141. The molecule has 2 rings (SSSR count). The number of hydrogen-bond acceptors (Lipinski definition) is 5. The minimum atomic E-state index is -4.50. The van der Waals surface area contributed by atoms with Gasteiger partial charge in [-0.05, 0) is 12.5 Å². The summed E-state index contributed by atoms with van der Waals surface area (Å²) in [7, 11) is 0. The molecule has 9 heteroatoms. The van der Waals surface area contributed by atoms with E-state index in [1.165, 1.54) is 0 Å².